The van der Waals surface area contributed by atoms with Crippen molar-refractivity contribution < 1.29 is 0 Å². The molecule has 1 atom stereocenters. The van der Waals surface area contributed by atoms with E-state index >= 15 is 0 Å². The third-order valence-corrected chi connectivity index (χ3v) is 3.29. The second-order valence-electron chi connectivity index (χ2n) is 4.85. The summed E-state index contributed by atoms with van der Waals surface area (Å²) in [6, 6.07) is 6.91. The number of aromatic nitrogens is 1. The van der Waals surface area contributed by atoms with Crippen molar-refractivity contribution in [1.29, 1.82) is 0 Å². The molecule has 17 heavy (non-hydrogen) atoms. The summed E-state index contributed by atoms with van der Waals surface area (Å²) >= 11 is 0. The zero-order valence-electron chi connectivity index (χ0n) is 10.8. The van der Waals surface area contributed by atoms with E-state index in [9.17, 15) is 0 Å². The lowest BCUT2D eigenvalue weighted by Crippen LogP contribution is -2.22. The molecule has 3 nitrogen and oxygen atoms in total. The second kappa shape index (κ2) is 4.90. The molecule has 3 heteroatoms. The van der Waals surface area contributed by atoms with Crippen LogP contribution in [0.4, 0.5) is 0 Å². The van der Waals surface area contributed by atoms with Crippen molar-refractivity contribution in [3.63, 3.8) is 0 Å². The van der Waals surface area contributed by atoms with Crippen molar-refractivity contribution in [2.24, 2.45) is 5.73 Å². The first-order valence-electron chi connectivity index (χ1n) is 6.07. The molecule has 1 heterocycles. The normalized spacial score (nSPS) is 13.5. The molecule has 0 aliphatic heterocycles. The number of H-pyrrole nitrogens is 1. The van der Waals surface area contributed by atoms with Crippen LogP contribution in [-0.4, -0.2) is 30.5 Å². The first-order valence-corrected chi connectivity index (χ1v) is 6.07. The molecule has 0 amide bonds. The number of aromatic amines is 1. The van der Waals surface area contributed by atoms with Gasteiger partial charge in [-0.3, -0.25) is 0 Å². The van der Waals surface area contributed by atoms with Crippen LogP contribution >= 0.6 is 0 Å². The quantitative estimate of drug-likeness (QED) is 0.849. The van der Waals surface area contributed by atoms with Crippen LogP contribution in [0.3, 0.4) is 0 Å². The Hall–Kier alpha value is -1.32. The Kier molecular flexibility index (Phi) is 3.50. The fourth-order valence-electron chi connectivity index (χ4n) is 2.38. The highest BCUT2D eigenvalue weighted by molar-refractivity contribution is 5.84. The molecule has 1 unspecified atom stereocenters. The molecule has 0 spiro atoms. The van der Waals surface area contributed by atoms with E-state index in [2.05, 4.69) is 55.3 Å². The molecule has 0 fully saturated rings. The number of benzene rings is 1. The number of hydrogen-bond donors (Lipinski definition) is 2. The van der Waals surface area contributed by atoms with E-state index in [1.165, 1.54) is 22.0 Å². The van der Waals surface area contributed by atoms with Crippen LogP contribution < -0.4 is 5.73 Å². The number of fused-ring (bicyclic) bond motifs is 1. The lowest BCUT2D eigenvalue weighted by Gasteiger charge is -2.23. The van der Waals surface area contributed by atoms with Gasteiger partial charge in [0.15, 0.2) is 0 Å². The zero-order chi connectivity index (χ0) is 12.4. The summed E-state index contributed by atoms with van der Waals surface area (Å²) in [6.07, 6.45) is 3.10. The first-order chi connectivity index (χ1) is 8.13. The van der Waals surface area contributed by atoms with Gasteiger partial charge in [0.2, 0.25) is 0 Å². The van der Waals surface area contributed by atoms with E-state index in [1.807, 2.05) is 0 Å². The van der Waals surface area contributed by atoms with E-state index in [-0.39, 0.29) is 0 Å². The fraction of sp³-hybridized carbons (Fsp3) is 0.429. The third-order valence-electron chi connectivity index (χ3n) is 3.29. The highest BCUT2D eigenvalue weighted by Crippen LogP contribution is 2.29. The van der Waals surface area contributed by atoms with Gasteiger partial charge in [-0.05, 0) is 51.7 Å². The molecule has 0 saturated carbocycles. The average molecular weight is 231 g/mol. The molecule has 0 saturated heterocycles. The molecule has 1 aromatic heterocycles. The number of rotatable bonds is 4. The van der Waals surface area contributed by atoms with Gasteiger partial charge >= 0.3 is 0 Å². The summed E-state index contributed by atoms with van der Waals surface area (Å²) in [4.78, 5) is 5.58. The summed E-state index contributed by atoms with van der Waals surface area (Å²) in [7, 11) is 4.21. The van der Waals surface area contributed by atoms with Crippen molar-refractivity contribution in [3.05, 3.63) is 35.5 Å². The van der Waals surface area contributed by atoms with Crippen molar-refractivity contribution in [2.75, 3.05) is 20.6 Å². The Labute approximate surface area is 103 Å². The third kappa shape index (κ3) is 2.35. The van der Waals surface area contributed by atoms with Crippen molar-refractivity contribution in [1.82, 2.24) is 9.88 Å². The molecule has 3 N–H and O–H groups in total. The van der Waals surface area contributed by atoms with E-state index < -0.39 is 0 Å². The topological polar surface area (TPSA) is 45.1 Å². The van der Waals surface area contributed by atoms with Crippen LogP contribution in [0.25, 0.3) is 10.9 Å². The van der Waals surface area contributed by atoms with Gasteiger partial charge in [0.25, 0.3) is 0 Å². The Morgan fingerprint density at radius 2 is 2.12 bits per heavy atom. The van der Waals surface area contributed by atoms with Crippen molar-refractivity contribution in [2.45, 2.75) is 19.4 Å². The smallest absolute Gasteiger partial charge is 0.0457 e. The van der Waals surface area contributed by atoms with E-state index in [4.69, 9.17) is 5.73 Å². The Morgan fingerprint density at radius 1 is 1.35 bits per heavy atom. The maximum atomic E-state index is 5.71. The summed E-state index contributed by atoms with van der Waals surface area (Å²) < 4.78 is 0. The maximum absolute atomic E-state index is 5.71. The van der Waals surface area contributed by atoms with Gasteiger partial charge in [-0.1, -0.05) is 11.6 Å². The standard InChI is InChI=1S/C14H21N3/c1-10-4-5-13-11(8-10)12(9-16-13)14(6-7-15)17(2)3/h4-5,8-9,14,16H,6-7,15H2,1-3H3. The molecule has 0 aliphatic carbocycles. The minimum Gasteiger partial charge on any atom is -0.361 e. The van der Waals surface area contributed by atoms with Gasteiger partial charge in [-0.25, -0.2) is 0 Å². The number of aryl methyl sites for hydroxylation is 1. The second-order valence-corrected chi connectivity index (χ2v) is 4.85. The van der Waals surface area contributed by atoms with Crippen LogP contribution in [0.15, 0.2) is 24.4 Å². The zero-order valence-corrected chi connectivity index (χ0v) is 10.8. The minimum atomic E-state index is 0.385. The van der Waals surface area contributed by atoms with Crippen molar-refractivity contribution >= 4 is 10.9 Å². The highest BCUT2D eigenvalue weighted by Gasteiger charge is 2.17. The lowest BCUT2D eigenvalue weighted by molar-refractivity contribution is 0.289. The minimum absolute atomic E-state index is 0.385. The highest BCUT2D eigenvalue weighted by atomic mass is 15.1. The van der Waals surface area contributed by atoms with Crippen molar-refractivity contribution in [3.8, 4) is 0 Å². The Bertz CT molecular complexity index is 499. The Balaban J connectivity index is 2.49. The van der Waals surface area contributed by atoms with Crippen LogP contribution in [-0.2, 0) is 0 Å². The molecule has 0 radical (unpaired) electrons. The van der Waals surface area contributed by atoms with Crippen LogP contribution in [0, 0.1) is 6.92 Å². The molecular weight excluding hydrogens is 210 g/mol. The van der Waals surface area contributed by atoms with E-state index in [1.54, 1.807) is 0 Å². The van der Waals surface area contributed by atoms with Crippen LogP contribution in [0.2, 0.25) is 0 Å². The summed E-state index contributed by atoms with van der Waals surface area (Å²) in [5.74, 6) is 0. The molecule has 0 bridgehead atoms. The first kappa shape index (κ1) is 12.1. The average Bonchev–Trinajstić information content (AvgIpc) is 2.68. The number of nitrogens with zero attached hydrogens (tertiary/aromatic N) is 1. The lowest BCUT2D eigenvalue weighted by atomic mass is 10.0. The number of hydrogen-bond acceptors (Lipinski definition) is 2. The molecular formula is C14H21N3. The fourth-order valence-corrected chi connectivity index (χ4v) is 2.38. The predicted molar refractivity (Wildman–Crippen MR) is 73.1 cm³/mol. The maximum Gasteiger partial charge on any atom is 0.0457 e. The molecule has 0 aliphatic rings. The largest absolute Gasteiger partial charge is 0.361 e. The molecule has 2 rings (SSSR count). The Morgan fingerprint density at radius 3 is 2.76 bits per heavy atom. The van der Waals surface area contributed by atoms with Gasteiger partial charge in [-0.15, -0.1) is 0 Å². The molecule has 1 aromatic carbocycles. The van der Waals surface area contributed by atoms with Gasteiger partial charge in [0.1, 0.15) is 0 Å². The summed E-state index contributed by atoms with van der Waals surface area (Å²) in [5, 5.41) is 1.32. The number of nitrogens with one attached hydrogen (secondary N) is 1. The van der Waals surface area contributed by atoms with Gasteiger partial charge in [0, 0.05) is 23.1 Å². The summed E-state index contributed by atoms with van der Waals surface area (Å²) in [5.41, 5.74) is 9.56. The van der Waals surface area contributed by atoms with E-state index in [0.29, 0.717) is 12.6 Å². The van der Waals surface area contributed by atoms with E-state index in [0.717, 1.165) is 6.42 Å². The van der Waals surface area contributed by atoms with Gasteiger partial charge in [-0.2, -0.15) is 0 Å². The van der Waals surface area contributed by atoms with Crippen LogP contribution in [0.5, 0.6) is 0 Å². The predicted octanol–water partition coefficient (Wildman–Crippen LogP) is 2.43. The number of nitrogens with two attached hydrogens (primary N) is 1. The summed E-state index contributed by atoms with van der Waals surface area (Å²) in [6.45, 7) is 2.84. The SMILES string of the molecule is Cc1ccc2[nH]cc(C(CCN)N(C)C)c2c1. The van der Waals surface area contributed by atoms with Gasteiger partial charge in [0.05, 0.1) is 0 Å². The van der Waals surface area contributed by atoms with Crippen LogP contribution in [0.1, 0.15) is 23.6 Å². The van der Waals surface area contributed by atoms with Gasteiger partial charge < -0.3 is 15.6 Å². The molecule has 92 valence electrons. The molecule has 2 aromatic rings. The monoisotopic (exact) mass is 231 g/mol.